The third kappa shape index (κ3) is 3.44. The van der Waals surface area contributed by atoms with E-state index in [4.69, 9.17) is 4.74 Å². The number of ether oxygens (including phenoxy) is 1. The Kier molecular flexibility index (Phi) is 4.88. The highest BCUT2D eigenvalue weighted by Gasteiger charge is 2.21. The van der Waals surface area contributed by atoms with Crippen LogP contribution in [0.4, 0.5) is 0 Å². The molecular formula is C16H23NO3. The molecule has 1 aromatic carbocycles. The third-order valence-corrected chi connectivity index (χ3v) is 4.06. The summed E-state index contributed by atoms with van der Waals surface area (Å²) in [5, 5.41) is 13.0. The number of carbonyl (C=O) groups is 1. The van der Waals surface area contributed by atoms with Crippen LogP contribution in [0.2, 0.25) is 0 Å². The van der Waals surface area contributed by atoms with E-state index >= 15 is 0 Å². The molecule has 2 N–H and O–H groups in total. The summed E-state index contributed by atoms with van der Waals surface area (Å²) in [6, 6.07) is 5.17. The number of phenolic OH excluding ortho intramolecular Hbond substituents is 1. The zero-order chi connectivity index (χ0) is 14.5. The van der Waals surface area contributed by atoms with Crippen molar-refractivity contribution in [3.63, 3.8) is 0 Å². The Bertz CT molecular complexity index is 473. The van der Waals surface area contributed by atoms with Crippen molar-refractivity contribution in [3.8, 4) is 11.5 Å². The van der Waals surface area contributed by atoms with Gasteiger partial charge in [0.05, 0.1) is 12.7 Å². The molecule has 0 radical (unpaired) electrons. The number of carbonyl (C=O) groups excluding carboxylic acids is 1. The van der Waals surface area contributed by atoms with Crippen molar-refractivity contribution >= 4 is 5.91 Å². The Morgan fingerprint density at radius 3 is 2.85 bits per heavy atom. The van der Waals surface area contributed by atoms with Crippen LogP contribution in [0.15, 0.2) is 18.2 Å². The number of benzene rings is 1. The Balaban J connectivity index is 2.04. The predicted octanol–water partition coefficient (Wildman–Crippen LogP) is 3.10. The lowest BCUT2D eigenvalue weighted by atomic mass is 10.0. The molecule has 0 aliphatic heterocycles. The fourth-order valence-electron chi connectivity index (χ4n) is 2.76. The van der Waals surface area contributed by atoms with Crippen LogP contribution in [0.1, 0.15) is 49.4 Å². The summed E-state index contributed by atoms with van der Waals surface area (Å²) in [4.78, 5) is 12.3. The molecule has 1 amide bonds. The smallest absolute Gasteiger partial charge is 0.255 e. The van der Waals surface area contributed by atoms with Gasteiger partial charge in [0.15, 0.2) is 11.5 Å². The van der Waals surface area contributed by atoms with Gasteiger partial charge in [-0.1, -0.05) is 25.8 Å². The molecule has 0 heterocycles. The minimum atomic E-state index is -0.221. The van der Waals surface area contributed by atoms with Crippen LogP contribution in [0.3, 0.4) is 0 Å². The summed E-state index contributed by atoms with van der Waals surface area (Å²) in [6.07, 6.45) is 5.56. The van der Waals surface area contributed by atoms with Gasteiger partial charge in [0, 0.05) is 6.04 Å². The molecule has 2 rings (SSSR count). The lowest BCUT2D eigenvalue weighted by Gasteiger charge is -2.17. The maximum absolute atomic E-state index is 12.3. The monoisotopic (exact) mass is 277 g/mol. The number of hydrogen-bond donors (Lipinski definition) is 2. The minimum Gasteiger partial charge on any atom is -0.504 e. The second-order valence-corrected chi connectivity index (χ2v) is 5.64. The van der Waals surface area contributed by atoms with Gasteiger partial charge < -0.3 is 15.2 Å². The summed E-state index contributed by atoms with van der Waals surface area (Å²) in [7, 11) is 1.48. The summed E-state index contributed by atoms with van der Waals surface area (Å²) in [6.45, 7) is 2.26. The second kappa shape index (κ2) is 6.64. The van der Waals surface area contributed by atoms with Crippen LogP contribution >= 0.6 is 0 Å². The third-order valence-electron chi connectivity index (χ3n) is 4.06. The fourth-order valence-corrected chi connectivity index (χ4v) is 2.76. The first-order valence-corrected chi connectivity index (χ1v) is 7.28. The molecule has 0 bridgehead atoms. The highest BCUT2D eigenvalue weighted by atomic mass is 16.5. The number of hydrogen-bond acceptors (Lipinski definition) is 3. The van der Waals surface area contributed by atoms with Gasteiger partial charge in [-0.25, -0.2) is 0 Å². The van der Waals surface area contributed by atoms with Crippen molar-refractivity contribution in [1.29, 1.82) is 0 Å². The first-order valence-electron chi connectivity index (χ1n) is 7.28. The normalized spacial score (nSPS) is 22.9. The van der Waals surface area contributed by atoms with Crippen LogP contribution in [-0.2, 0) is 0 Å². The summed E-state index contributed by atoms with van der Waals surface area (Å²) in [5.74, 6) is 0.754. The summed E-state index contributed by atoms with van der Waals surface area (Å²) < 4.78 is 5.03. The first kappa shape index (κ1) is 14.7. The summed E-state index contributed by atoms with van der Waals surface area (Å²) >= 11 is 0. The molecule has 110 valence electrons. The Morgan fingerprint density at radius 1 is 1.30 bits per heavy atom. The van der Waals surface area contributed by atoms with Gasteiger partial charge in [-0.2, -0.15) is 0 Å². The van der Waals surface area contributed by atoms with E-state index in [1.165, 1.54) is 13.5 Å². The maximum Gasteiger partial charge on any atom is 0.255 e. The molecule has 1 aliphatic carbocycles. The number of para-hydroxylation sites is 1. The molecular weight excluding hydrogens is 254 g/mol. The fraction of sp³-hybridized carbons (Fsp3) is 0.562. The number of methoxy groups -OCH3 is 1. The molecule has 2 unspecified atom stereocenters. The number of rotatable bonds is 3. The first-order chi connectivity index (χ1) is 9.61. The second-order valence-electron chi connectivity index (χ2n) is 5.64. The molecule has 1 fully saturated rings. The van der Waals surface area contributed by atoms with Crippen LogP contribution < -0.4 is 10.1 Å². The Morgan fingerprint density at radius 2 is 2.10 bits per heavy atom. The van der Waals surface area contributed by atoms with Gasteiger partial charge in [-0.05, 0) is 37.3 Å². The van der Waals surface area contributed by atoms with Crippen molar-refractivity contribution < 1.29 is 14.6 Å². The Hall–Kier alpha value is -1.71. The number of aromatic hydroxyl groups is 1. The van der Waals surface area contributed by atoms with E-state index in [1.54, 1.807) is 18.2 Å². The van der Waals surface area contributed by atoms with E-state index in [1.807, 2.05) is 0 Å². The van der Waals surface area contributed by atoms with Crippen LogP contribution in [0, 0.1) is 5.92 Å². The van der Waals surface area contributed by atoms with Crippen LogP contribution in [0.5, 0.6) is 11.5 Å². The molecule has 20 heavy (non-hydrogen) atoms. The van der Waals surface area contributed by atoms with Crippen LogP contribution in [-0.4, -0.2) is 24.2 Å². The maximum atomic E-state index is 12.3. The van der Waals surface area contributed by atoms with E-state index < -0.39 is 0 Å². The standard InChI is InChI=1S/C16H23NO3/c1-11-5-3-6-12(10-9-11)17-16(19)13-7-4-8-14(20-2)15(13)18/h4,7-8,11-12,18H,3,5-6,9-10H2,1-2H3,(H,17,19). The van der Waals surface area contributed by atoms with E-state index in [0.717, 1.165) is 31.6 Å². The average Bonchev–Trinajstić information content (AvgIpc) is 2.64. The van der Waals surface area contributed by atoms with Gasteiger partial charge in [0.1, 0.15) is 0 Å². The molecule has 0 aromatic heterocycles. The SMILES string of the molecule is COc1cccc(C(=O)NC2CCCC(C)CC2)c1O. The number of amides is 1. The van der Waals surface area contributed by atoms with E-state index in [-0.39, 0.29) is 23.3 Å². The van der Waals surface area contributed by atoms with Gasteiger partial charge in [-0.3, -0.25) is 4.79 Å². The van der Waals surface area contributed by atoms with E-state index in [2.05, 4.69) is 12.2 Å². The number of phenols is 1. The lowest BCUT2D eigenvalue weighted by molar-refractivity contribution is 0.0930. The topological polar surface area (TPSA) is 58.6 Å². The quantitative estimate of drug-likeness (QED) is 0.835. The number of nitrogens with one attached hydrogen (secondary N) is 1. The van der Waals surface area contributed by atoms with E-state index in [0.29, 0.717) is 5.75 Å². The lowest BCUT2D eigenvalue weighted by Crippen LogP contribution is -2.34. The van der Waals surface area contributed by atoms with E-state index in [9.17, 15) is 9.90 Å². The zero-order valence-corrected chi connectivity index (χ0v) is 12.2. The molecule has 1 aromatic rings. The highest BCUT2D eigenvalue weighted by Crippen LogP contribution is 2.30. The summed E-state index contributed by atoms with van der Waals surface area (Å²) in [5.41, 5.74) is 0.279. The largest absolute Gasteiger partial charge is 0.504 e. The van der Waals surface area contributed by atoms with Crippen molar-refractivity contribution in [1.82, 2.24) is 5.32 Å². The molecule has 0 saturated heterocycles. The van der Waals surface area contributed by atoms with Crippen molar-refractivity contribution in [2.24, 2.45) is 5.92 Å². The molecule has 0 spiro atoms. The van der Waals surface area contributed by atoms with Gasteiger partial charge in [-0.15, -0.1) is 0 Å². The minimum absolute atomic E-state index is 0.0884. The molecule has 1 saturated carbocycles. The molecule has 1 aliphatic rings. The molecule has 4 nitrogen and oxygen atoms in total. The molecule has 2 atom stereocenters. The van der Waals surface area contributed by atoms with Gasteiger partial charge >= 0.3 is 0 Å². The van der Waals surface area contributed by atoms with Crippen molar-refractivity contribution in [2.45, 2.75) is 45.1 Å². The Labute approximate surface area is 120 Å². The van der Waals surface area contributed by atoms with Crippen LogP contribution in [0.25, 0.3) is 0 Å². The highest BCUT2D eigenvalue weighted by molar-refractivity contribution is 5.97. The van der Waals surface area contributed by atoms with Gasteiger partial charge in [0.2, 0.25) is 0 Å². The molecule has 4 heteroatoms. The van der Waals surface area contributed by atoms with Crippen molar-refractivity contribution in [2.75, 3.05) is 7.11 Å². The predicted molar refractivity (Wildman–Crippen MR) is 78.2 cm³/mol. The zero-order valence-electron chi connectivity index (χ0n) is 12.2. The van der Waals surface area contributed by atoms with Gasteiger partial charge in [0.25, 0.3) is 5.91 Å². The average molecular weight is 277 g/mol. The van der Waals surface area contributed by atoms with Crippen molar-refractivity contribution in [3.05, 3.63) is 23.8 Å².